The third kappa shape index (κ3) is 12.4. The molecule has 0 aromatic rings. The molecule has 0 aromatic heterocycles. The first-order chi connectivity index (χ1) is 8.89. The van der Waals surface area contributed by atoms with E-state index in [1.54, 1.807) is 0 Å². The molecule has 0 aliphatic heterocycles. The number of hydrogen-bond donors (Lipinski definition) is 1. The number of ether oxygens (including phenoxy) is 2. The quantitative estimate of drug-likeness (QED) is 0.782. The van der Waals surface area contributed by atoms with E-state index in [1.807, 2.05) is 20.8 Å². The molecule has 0 saturated heterocycles. The molecule has 4 nitrogen and oxygen atoms in total. The molecule has 120 valence electrons. The molecule has 0 bridgehead atoms. The molecule has 0 aromatic carbocycles. The highest BCUT2D eigenvalue weighted by atomic mass is 16.5. The molecule has 20 heavy (non-hydrogen) atoms. The van der Waals surface area contributed by atoms with Crippen molar-refractivity contribution in [3.05, 3.63) is 0 Å². The summed E-state index contributed by atoms with van der Waals surface area (Å²) in [6.45, 7) is 16.9. The first-order valence-corrected chi connectivity index (χ1v) is 7.47. The van der Waals surface area contributed by atoms with E-state index in [1.165, 1.54) is 0 Å². The Labute approximate surface area is 124 Å². The Balaban J connectivity index is 3.87. The fraction of sp³-hybridized carbons (Fsp3) is 0.938. The first-order valence-electron chi connectivity index (χ1n) is 7.47. The van der Waals surface area contributed by atoms with E-state index in [-0.39, 0.29) is 29.8 Å². The third-order valence-corrected chi connectivity index (χ3v) is 2.57. The number of hydrogen-bond acceptors (Lipinski definition) is 3. The summed E-state index contributed by atoms with van der Waals surface area (Å²) in [5.41, 5.74) is -0.402. The average Bonchev–Trinajstić information content (AvgIpc) is 2.19. The fourth-order valence-corrected chi connectivity index (χ4v) is 1.92. The fourth-order valence-electron chi connectivity index (χ4n) is 1.92. The van der Waals surface area contributed by atoms with Gasteiger partial charge in [-0.2, -0.15) is 0 Å². The minimum absolute atomic E-state index is 0.0591. The van der Waals surface area contributed by atoms with Crippen molar-refractivity contribution in [2.24, 2.45) is 5.92 Å². The van der Waals surface area contributed by atoms with Crippen molar-refractivity contribution in [1.82, 2.24) is 5.32 Å². The number of carbonyl (C=O) groups is 1. The van der Waals surface area contributed by atoms with Crippen LogP contribution in [-0.4, -0.2) is 36.4 Å². The number of carbonyl (C=O) groups excluding carboxylic acids is 1. The number of amides is 1. The van der Waals surface area contributed by atoms with E-state index in [2.05, 4.69) is 39.9 Å². The minimum Gasteiger partial charge on any atom is -0.373 e. The van der Waals surface area contributed by atoms with Gasteiger partial charge >= 0.3 is 0 Å². The summed E-state index contributed by atoms with van der Waals surface area (Å²) in [5.74, 6) is 0.321. The van der Waals surface area contributed by atoms with Crippen LogP contribution in [0.3, 0.4) is 0 Å². The van der Waals surface area contributed by atoms with Gasteiger partial charge in [0.05, 0.1) is 17.3 Å². The molecule has 4 heteroatoms. The lowest BCUT2D eigenvalue weighted by molar-refractivity contribution is -0.130. The van der Waals surface area contributed by atoms with Crippen LogP contribution in [0.25, 0.3) is 0 Å². The Kier molecular flexibility index (Phi) is 7.74. The van der Waals surface area contributed by atoms with Gasteiger partial charge in [0.25, 0.3) is 0 Å². The standard InChI is InChI=1S/C16H33NO3/c1-12(9-13(2)20-16(6,7)8)10-17-14(18)11-19-15(3,4)5/h12-13H,9-11H2,1-8H3,(H,17,18). The normalized spacial score (nSPS) is 15.8. The van der Waals surface area contributed by atoms with Gasteiger partial charge in [0.15, 0.2) is 0 Å². The van der Waals surface area contributed by atoms with Crippen LogP contribution in [0.4, 0.5) is 0 Å². The lowest BCUT2D eigenvalue weighted by Crippen LogP contribution is -2.35. The van der Waals surface area contributed by atoms with Crippen molar-refractivity contribution < 1.29 is 14.3 Å². The summed E-state index contributed by atoms with van der Waals surface area (Å²) >= 11 is 0. The van der Waals surface area contributed by atoms with Gasteiger partial charge in [0, 0.05) is 6.54 Å². The molecule has 0 rings (SSSR count). The summed E-state index contributed by atoms with van der Waals surface area (Å²) in [4.78, 5) is 11.6. The number of nitrogens with one attached hydrogen (secondary N) is 1. The van der Waals surface area contributed by atoms with E-state index in [0.29, 0.717) is 12.5 Å². The van der Waals surface area contributed by atoms with Gasteiger partial charge in [0.2, 0.25) is 5.91 Å². The van der Waals surface area contributed by atoms with Crippen LogP contribution in [0.5, 0.6) is 0 Å². The van der Waals surface area contributed by atoms with E-state index in [9.17, 15) is 4.79 Å². The second-order valence-corrected chi connectivity index (χ2v) is 7.59. The van der Waals surface area contributed by atoms with E-state index in [4.69, 9.17) is 9.47 Å². The Morgan fingerprint density at radius 1 is 1.05 bits per heavy atom. The van der Waals surface area contributed by atoms with Crippen LogP contribution >= 0.6 is 0 Å². The maximum absolute atomic E-state index is 11.6. The van der Waals surface area contributed by atoms with Crippen LogP contribution < -0.4 is 5.32 Å². The van der Waals surface area contributed by atoms with Crippen molar-refractivity contribution in [2.45, 2.75) is 79.1 Å². The summed E-state index contributed by atoms with van der Waals surface area (Å²) in [6.07, 6.45) is 1.12. The zero-order chi connectivity index (χ0) is 16.0. The highest BCUT2D eigenvalue weighted by molar-refractivity contribution is 5.77. The topological polar surface area (TPSA) is 47.6 Å². The maximum atomic E-state index is 11.6. The third-order valence-electron chi connectivity index (χ3n) is 2.57. The average molecular weight is 287 g/mol. The molecule has 2 unspecified atom stereocenters. The van der Waals surface area contributed by atoms with Gasteiger partial charge in [-0.15, -0.1) is 0 Å². The summed E-state index contributed by atoms with van der Waals surface area (Å²) in [7, 11) is 0. The molecular weight excluding hydrogens is 254 g/mol. The van der Waals surface area contributed by atoms with Crippen molar-refractivity contribution in [1.29, 1.82) is 0 Å². The zero-order valence-corrected chi connectivity index (χ0v) is 14.5. The minimum atomic E-state index is -0.280. The van der Waals surface area contributed by atoms with Crippen LogP contribution in [0.1, 0.15) is 61.8 Å². The van der Waals surface area contributed by atoms with Gasteiger partial charge < -0.3 is 14.8 Å². The van der Waals surface area contributed by atoms with Gasteiger partial charge in [0.1, 0.15) is 6.61 Å². The van der Waals surface area contributed by atoms with E-state index in [0.717, 1.165) is 6.42 Å². The molecule has 0 aliphatic carbocycles. The molecule has 0 spiro atoms. The van der Waals surface area contributed by atoms with Crippen LogP contribution in [0.15, 0.2) is 0 Å². The summed E-state index contributed by atoms with van der Waals surface area (Å²) in [5, 5.41) is 2.90. The molecule has 0 radical (unpaired) electrons. The first kappa shape index (κ1) is 19.4. The highest BCUT2D eigenvalue weighted by Crippen LogP contribution is 2.16. The lowest BCUT2D eigenvalue weighted by Gasteiger charge is -2.27. The molecule has 0 aliphatic rings. The van der Waals surface area contributed by atoms with E-state index >= 15 is 0 Å². The summed E-state index contributed by atoms with van der Waals surface area (Å²) < 4.78 is 11.3. The maximum Gasteiger partial charge on any atom is 0.246 e. The predicted molar refractivity (Wildman–Crippen MR) is 82.8 cm³/mol. The summed E-state index contributed by atoms with van der Waals surface area (Å²) in [6, 6.07) is 0. The van der Waals surface area contributed by atoms with Crippen molar-refractivity contribution in [2.75, 3.05) is 13.2 Å². The van der Waals surface area contributed by atoms with Gasteiger partial charge in [-0.05, 0) is 60.8 Å². The van der Waals surface area contributed by atoms with E-state index < -0.39 is 0 Å². The Bertz CT molecular complexity index is 289. The van der Waals surface area contributed by atoms with Crippen LogP contribution in [0, 0.1) is 5.92 Å². The van der Waals surface area contributed by atoms with Crippen molar-refractivity contribution in [3.8, 4) is 0 Å². The Morgan fingerprint density at radius 2 is 1.60 bits per heavy atom. The Hall–Kier alpha value is -0.610. The highest BCUT2D eigenvalue weighted by Gasteiger charge is 2.18. The SMILES string of the molecule is CC(CNC(=O)COC(C)(C)C)CC(C)OC(C)(C)C. The molecule has 0 saturated carbocycles. The smallest absolute Gasteiger partial charge is 0.246 e. The molecular formula is C16H33NO3. The van der Waals surface area contributed by atoms with Crippen LogP contribution in [0.2, 0.25) is 0 Å². The Morgan fingerprint density at radius 3 is 2.05 bits per heavy atom. The van der Waals surface area contributed by atoms with Gasteiger partial charge in [-0.1, -0.05) is 6.92 Å². The van der Waals surface area contributed by atoms with Crippen molar-refractivity contribution in [3.63, 3.8) is 0 Å². The molecule has 1 N–H and O–H groups in total. The zero-order valence-electron chi connectivity index (χ0n) is 14.5. The van der Waals surface area contributed by atoms with Crippen LogP contribution in [-0.2, 0) is 14.3 Å². The molecule has 2 atom stereocenters. The number of rotatable bonds is 7. The molecule has 0 heterocycles. The van der Waals surface area contributed by atoms with Crippen molar-refractivity contribution >= 4 is 5.91 Å². The predicted octanol–water partition coefficient (Wildman–Crippen LogP) is 3.15. The van der Waals surface area contributed by atoms with Gasteiger partial charge in [-0.3, -0.25) is 4.79 Å². The lowest BCUT2D eigenvalue weighted by atomic mass is 10.0. The molecule has 0 fully saturated rings. The monoisotopic (exact) mass is 287 g/mol. The second kappa shape index (κ2) is 7.99. The molecule has 1 amide bonds. The van der Waals surface area contributed by atoms with Gasteiger partial charge in [-0.25, -0.2) is 0 Å². The second-order valence-electron chi connectivity index (χ2n) is 7.59. The largest absolute Gasteiger partial charge is 0.373 e.